The van der Waals surface area contributed by atoms with Crippen molar-refractivity contribution < 1.29 is 4.79 Å². The molecule has 3 rings (SSSR count). The maximum Gasteiger partial charge on any atom is 0.261 e. The number of nitrogens with zero attached hydrogens (tertiary/aromatic N) is 3. The lowest BCUT2D eigenvalue weighted by Crippen LogP contribution is -2.27. The number of para-hydroxylation sites is 1. The molecule has 2 aromatic rings. The summed E-state index contributed by atoms with van der Waals surface area (Å²) in [6, 6.07) is 17.3. The summed E-state index contributed by atoms with van der Waals surface area (Å²) in [5, 5.41) is 5.80. The predicted molar refractivity (Wildman–Crippen MR) is 97.8 cm³/mol. The van der Waals surface area contributed by atoms with Gasteiger partial charge >= 0.3 is 0 Å². The average Bonchev–Trinajstić information content (AvgIpc) is 2.82. The van der Waals surface area contributed by atoms with Crippen LogP contribution in [0.1, 0.15) is 6.92 Å². The van der Waals surface area contributed by atoms with Crippen molar-refractivity contribution in [1.29, 1.82) is 0 Å². The van der Waals surface area contributed by atoms with Gasteiger partial charge in [-0.15, -0.1) is 0 Å². The first-order valence-corrected chi connectivity index (χ1v) is 7.97. The highest BCUT2D eigenvalue weighted by Crippen LogP contribution is 2.23. The van der Waals surface area contributed by atoms with Gasteiger partial charge in [-0.2, -0.15) is 10.1 Å². The summed E-state index contributed by atoms with van der Waals surface area (Å²) < 4.78 is 1.15. The molecule has 0 spiro atoms. The maximum atomic E-state index is 12.5. The second-order valence-corrected chi connectivity index (χ2v) is 6.20. The zero-order valence-corrected chi connectivity index (χ0v) is 14.1. The van der Waals surface area contributed by atoms with E-state index in [2.05, 4.69) is 32.7 Å². The smallest absolute Gasteiger partial charge is 0.261 e. The van der Waals surface area contributed by atoms with Gasteiger partial charge in [-0.25, -0.2) is 0 Å². The van der Waals surface area contributed by atoms with E-state index in [1.54, 1.807) is 6.21 Å². The summed E-state index contributed by atoms with van der Waals surface area (Å²) >= 11 is 2.25. The molecule has 0 bridgehead atoms. The number of rotatable bonds is 3. The van der Waals surface area contributed by atoms with E-state index < -0.39 is 5.92 Å². The summed E-state index contributed by atoms with van der Waals surface area (Å²) in [4.78, 5) is 16.9. The van der Waals surface area contributed by atoms with E-state index in [0.29, 0.717) is 0 Å². The Hall–Kier alpha value is -2.02. The molecule has 0 N–H and O–H groups in total. The van der Waals surface area contributed by atoms with E-state index in [-0.39, 0.29) is 5.91 Å². The quantitative estimate of drug-likeness (QED) is 0.564. The maximum absolute atomic E-state index is 12.5. The number of anilines is 1. The number of hydrazone groups is 1. The molecule has 1 aliphatic heterocycles. The minimum absolute atomic E-state index is 0.0713. The van der Waals surface area contributed by atoms with Crippen molar-refractivity contribution in [2.24, 2.45) is 16.0 Å². The van der Waals surface area contributed by atoms with Gasteiger partial charge in [-0.05, 0) is 65.9 Å². The molecule has 0 fully saturated rings. The number of carbonyl (C=O) groups is 1. The van der Waals surface area contributed by atoms with E-state index in [0.717, 1.165) is 20.7 Å². The molecule has 5 heteroatoms. The minimum Gasteiger partial charge on any atom is -0.271 e. The third kappa shape index (κ3) is 3.09. The Labute approximate surface area is 142 Å². The van der Waals surface area contributed by atoms with Crippen LogP contribution < -0.4 is 5.01 Å². The molecule has 1 aliphatic rings. The summed E-state index contributed by atoms with van der Waals surface area (Å²) in [6.45, 7) is 1.85. The number of hydrogen-bond acceptors (Lipinski definition) is 3. The Morgan fingerprint density at radius 1 is 1.14 bits per heavy atom. The lowest BCUT2D eigenvalue weighted by atomic mass is 10.1. The SMILES string of the molecule is CC1=NN(c2ccccc2)C(=O)[C@@H]1C=Nc1ccc(I)cc1. The first-order valence-electron chi connectivity index (χ1n) is 6.89. The molecule has 0 saturated heterocycles. The van der Waals surface area contributed by atoms with Crippen LogP contribution in [0.5, 0.6) is 0 Å². The predicted octanol–water partition coefficient (Wildman–Crippen LogP) is 4.03. The molecule has 0 saturated carbocycles. The third-order valence-corrected chi connectivity index (χ3v) is 4.10. The van der Waals surface area contributed by atoms with Gasteiger partial charge in [0.05, 0.1) is 17.1 Å². The monoisotopic (exact) mass is 403 g/mol. The molecule has 4 nitrogen and oxygen atoms in total. The van der Waals surface area contributed by atoms with Crippen LogP contribution in [0.15, 0.2) is 64.7 Å². The molecule has 22 heavy (non-hydrogen) atoms. The highest BCUT2D eigenvalue weighted by Gasteiger charge is 2.32. The van der Waals surface area contributed by atoms with Gasteiger partial charge < -0.3 is 0 Å². The van der Waals surface area contributed by atoms with Crippen molar-refractivity contribution in [3.8, 4) is 0 Å². The standard InChI is InChI=1S/C17H14IN3O/c1-12-16(11-19-14-9-7-13(18)8-10-14)17(22)21(20-12)15-5-3-2-4-6-15/h2-11,16H,1H3/t16-/m1/s1. The molecule has 1 atom stereocenters. The number of amides is 1. The van der Waals surface area contributed by atoms with Crippen molar-refractivity contribution in [1.82, 2.24) is 0 Å². The number of halogens is 1. The Morgan fingerprint density at radius 2 is 1.82 bits per heavy atom. The van der Waals surface area contributed by atoms with Crippen molar-refractivity contribution >= 4 is 51.8 Å². The van der Waals surface area contributed by atoms with Crippen LogP contribution in [0.4, 0.5) is 11.4 Å². The lowest BCUT2D eigenvalue weighted by Gasteiger charge is -2.12. The van der Waals surface area contributed by atoms with Crippen LogP contribution in [-0.2, 0) is 4.79 Å². The molecule has 110 valence electrons. The van der Waals surface area contributed by atoms with E-state index in [1.807, 2.05) is 61.5 Å². The topological polar surface area (TPSA) is 45.0 Å². The highest BCUT2D eigenvalue weighted by atomic mass is 127. The molecule has 1 amide bonds. The lowest BCUT2D eigenvalue weighted by molar-refractivity contribution is -0.118. The van der Waals surface area contributed by atoms with Gasteiger partial charge in [0.15, 0.2) is 0 Å². The number of aliphatic imine (C=N–C) groups is 1. The molecular formula is C17H14IN3O. The van der Waals surface area contributed by atoms with Crippen LogP contribution in [0, 0.1) is 9.49 Å². The first-order chi connectivity index (χ1) is 10.6. The van der Waals surface area contributed by atoms with E-state index in [9.17, 15) is 4.79 Å². The van der Waals surface area contributed by atoms with Gasteiger partial charge in [0, 0.05) is 9.78 Å². The molecule has 2 aromatic carbocycles. The van der Waals surface area contributed by atoms with Crippen LogP contribution in [0.3, 0.4) is 0 Å². The zero-order chi connectivity index (χ0) is 15.5. The van der Waals surface area contributed by atoms with Crippen LogP contribution >= 0.6 is 22.6 Å². The van der Waals surface area contributed by atoms with E-state index >= 15 is 0 Å². The van der Waals surface area contributed by atoms with Gasteiger partial charge in [-0.1, -0.05) is 18.2 Å². The van der Waals surface area contributed by atoms with Crippen LogP contribution in [0.25, 0.3) is 0 Å². The summed E-state index contributed by atoms with van der Waals surface area (Å²) in [7, 11) is 0. The van der Waals surface area contributed by atoms with E-state index in [1.165, 1.54) is 5.01 Å². The highest BCUT2D eigenvalue weighted by molar-refractivity contribution is 14.1. The van der Waals surface area contributed by atoms with Crippen molar-refractivity contribution in [2.45, 2.75) is 6.92 Å². The number of hydrogen-bond donors (Lipinski definition) is 0. The Kier molecular flexibility index (Phi) is 4.33. The second kappa shape index (κ2) is 6.39. The normalized spacial score (nSPS) is 18.1. The minimum atomic E-state index is -0.403. The summed E-state index contributed by atoms with van der Waals surface area (Å²) in [5.41, 5.74) is 2.36. The van der Waals surface area contributed by atoms with Crippen LogP contribution in [0.2, 0.25) is 0 Å². The Bertz CT molecular complexity index is 738. The molecular weight excluding hydrogens is 389 g/mol. The molecule has 0 radical (unpaired) electrons. The fourth-order valence-corrected chi connectivity index (χ4v) is 2.55. The number of benzene rings is 2. The molecule has 1 heterocycles. The zero-order valence-electron chi connectivity index (χ0n) is 12.0. The molecule has 0 unspecified atom stereocenters. The fraction of sp³-hybridized carbons (Fsp3) is 0.118. The fourth-order valence-electron chi connectivity index (χ4n) is 2.19. The Balaban J connectivity index is 1.80. The van der Waals surface area contributed by atoms with Crippen molar-refractivity contribution in [2.75, 3.05) is 5.01 Å². The number of carbonyl (C=O) groups excluding carboxylic acids is 1. The van der Waals surface area contributed by atoms with Crippen LogP contribution in [-0.4, -0.2) is 17.8 Å². The summed E-state index contributed by atoms with van der Waals surface area (Å²) in [6.07, 6.45) is 1.67. The average molecular weight is 403 g/mol. The van der Waals surface area contributed by atoms with Gasteiger partial charge in [0.25, 0.3) is 5.91 Å². The Morgan fingerprint density at radius 3 is 2.50 bits per heavy atom. The van der Waals surface area contributed by atoms with E-state index in [4.69, 9.17) is 0 Å². The second-order valence-electron chi connectivity index (χ2n) is 4.96. The van der Waals surface area contributed by atoms with Gasteiger partial charge in [0.2, 0.25) is 0 Å². The third-order valence-electron chi connectivity index (χ3n) is 3.38. The van der Waals surface area contributed by atoms with Crippen molar-refractivity contribution in [3.63, 3.8) is 0 Å². The van der Waals surface area contributed by atoms with Gasteiger partial charge in [0.1, 0.15) is 5.92 Å². The first kappa shape index (κ1) is 14.9. The largest absolute Gasteiger partial charge is 0.271 e. The van der Waals surface area contributed by atoms with Gasteiger partial charge in [-0.3, -0.25) is 9.79 Å². The molecule has 0 aromatic heterocycles. The molecule has 0 aliphatic carbocycles. The summed E-state index contributed by atoms with van der Waals surface area (Å²) in [5.74, 6) is -0.475. The van der Waals surface area contributed by atoms with Crippen molar-refractivity contribution in [3.05, 3.63) is 58.2 Å².